The molecule has 4 nitrogen and oxygen atoms in total. The van der Waals surface area contributed by atoms with Crippen molar-refractivity contribution >= 4 is 5.97 Å². The lowest BCUT2D eigenvalue weighted by Crippen LogP contribution is -2.35. The van der Waals surface area contributed by atoms with Crippen LogP contribution in [0.2, 0.25) is 0 Å². The van der Waals surface area contributed by atoms with Gasteiger partial charge in [-0.15, -0.1) is 0 Å². The molecule has 0 spiro atoms. The molecule has 1 heterocycles. The van der Waals surface area contributed by atoms with Crippen molar-refractivity contribution in [3.63, 3.8) is 0 Å². The van der Waals surface area contributed by atoms with Gasteiger partial charge in [0.2, 0.25) is 0 Å². The maximum Gasteiger partial charge on any atom is 0.337 e. The molecule has 0 aliphatic carbocycles. The summed E-state index contributed by atoms with van der Waals surface area (Å²) < 4.78 is 19.1. The number of carbonyl (C=O) groups is 1. The molecule has 0 amide bonds. The van der Waals surface area contributed by atoms with E-state index in [-0.39, 0.29) is 17.8 Å². The monoisotopic (exact) mass is 328 g/mol. The van der Waals surface area contributed by atoms with Crippen molar-refractivity contribution in [3.05, 3.63) is 71.0 Å². The normalized spacial score (nSPS) is 20.1. The Balaban J connectivity index is 1.76. The zero-order valence-corrected chi connectivity index (χ0v) is 13.6. The number of ether oxygens (including phenoxy) is 1. The third-order valence-corrected chi connectivity index (χ3v) is 4.44. The molecule has 2 unspecified atom stereocenters. The number of carbonyl (C=O) groups excluding carboxylic acids is 1. The molecule has 24 heavy (non-hydrogen) atoms. The van der Waals surface area contributed by atoms with E-state index in [0.29, 0.717) is 17.7 Å². The second-order valence-corrected chi connectivity index (χ2v) is 5.97. The number of esters is 1. The van der Waals surface area contributed by atoms with Crippen LogP contribution in [0.4, 0.5) is 4.39 Å². The minimum Gasteiger partial charge on any atom is -0.465 e. The highest BCUT2D eigenvalue weighted by molar-refractivity contribution is 5.89. The number of rotatable bonds is 5. The van der Waals surface area contributed by atoms with Gasteiger partial charge >= 0.3 is 5.97 Å². The van der Waals surface area contributed by atoms with Crippen LogP contribution in [-0.4, -0.2) is 32.2 Å². The minimum atomic E-state index is -0.448. The van der Waals surface area contributed by atoms with E-state index in [1.807, 2.05) is 18.2 Å². The van der Waals surface area contributed by atoms with Crippen LogP contribution in [0.5, 0.6) is 0 Å². The maximum absolute atomic E-state index is 14.3. The van der Waals surface area contributed by atoms with Gasteiger partial charge in [0.25, 0.3) is 0 Å². The molecule has 2 N–H and O–H groups in total. The predicted octanol–water partition coefficient (Wildman–Crippen LogP) is 2.46. The molecule has 1 aliphatic rings. The minimum absolute atomic E-state index is 0.0293. The first kappa shape index (κ1) is 16.6. The molecule has 2 aromatic carbocycles. The van der Waals surface area contributed by atoms with E-state index in [4.69, 9.17) is 4.74 Å². The first-order chi connectivity index (χ1) is 11.7. The predicted molar refractivity (Wildman–Crippen MR) is 90.4 cm³/mol. The summed E-state index contributed by atoms with van der Waals surface area (Å²) in [5.41, 5.74) is 2.11. The van der Waals surface area contributed by atoms with Gasteiger partial charge in [0.1, 0.15) is 5.82 Å². The van der Waals surface area contributed by atoms with E-state index in [1.165, 1.54) is 24.8 Å². The molecular formula is C19H21FN2O2. The van der Waals surface area contributed by atoms with Gasteiger partial charge in [0.15, 0.2) is 0 Å². The summed E-state index contributed by atoms with van der Waals surface area (Å²) in [6, 6.07) is 14.6. The zero-order valence-electron chi connectivity index (χ0n) is 13.6. The molecule has 3 rings (SSSR count). The van der Waals surface area contributed by atoms with Gasteiger partial charge < -0.3 is 15.4 Å². The van der Waals surface area contributed by atoms with E-state index in [9.17, 15) is 9.18 Å². The third-order valence-electron chi connectivity index (χ3n) is 4.44. The summed E-state index contributed by atoms with van der Waals surface area (Å²) in [6.45, 7) is 2.16. The first-order valence-corrected chi connectivity index (χ1v) is 8.05. The van der Waals surface area contributed by atoms with Gasteiger partial charge in [-0.1, -0.05) is 30.3 Å². The molecule has 2 aromatic rings. The Labute approximate surface area is 141 Å². The van der Waals surface area contributed by atoms with Crippen molar-refractivity contribution in [2.45, 2.75) is 18.5 Å². The number of nitrogens with one attached hydrogen (secondary N) is 2. The van der Waals surface area contributed by atoms with Crippen LogP contribution in [0.3, 0.4) is 0 Å². The second-order valence-electron chi connectivity index (χ2n) is 5.97. The zero-order chi connectivity index (χ0) is 16.9. The average molecular weight is 328 g/mol. The topological polar surface area (TPSA) is 50.4 Å². The van der Waals surface area contributed by atoms with Gasteiger partial charge in [0, 0.05) is 31.6 Å². The van der Waals surface area contributed by atoms with Gasteiger partial charge in [-0.3, -0.25) is 0 Å². The lowest BCUT2D eigenvalue weighted by Gasteiger charge is -2.21. The van der Waals surface area contributed by atoms with Gasteiger partial charge in [-0.05, 0) is 29.3 Å². The fraction of sp³-hybridized carbons (Fsp3) is 0.316. The Morgan fingerprint density at radius 3 is 2.79 bits per heavy atom. The molecule has 0 aromatic heterocycles. The van der Waals surface area contributed by atoms with Crippen molar-refractivity contribution in [1.29, 1.82) is 0 Å². The van der Waals surface area contributed by atoms with E-state index in [0.717, 1.165) is 13.1 Å². The van der Waals surface area contributed by atoms with Crippen molar-refractivity contribution in [2.24, 2.45) is 0 Å². The fourth-order valence-corrected chi connectivity index (χ4v) is 3.14. The van der Waals surface area contributed by atoms with Crippen molar-refractivity contribution in [3.8, 4) is 0 Å². The summed E-state index contributed by atoms with van der Waals surface area (Å²) in [6.07, 6.45) is 0. The number of halogens is 1. The largest absolute Gasteiger partial charge is 0.465 e. The lowest BCUT2D eigenvalue weighted by molar-refractivity contribution is 0.0600. The third kappa shape index (κ3) is 3.63. The van der Waals surface area contributed by atoms with Crippen LogP contribution in [-0.2, 0) is 11.3 Å². The Kier molecular flexibility index (Phi) is 5.23. The quantitative estimate of drug-likeness (QED) is 0.828. The molecule has 0 saturated carbocycles. The Bertz CT molecular complexity index is 706. The van der Waals surface area contributed by atoms with E-state index < -0.39 is 5.97 Å². The molecule has 126 valence electrons. The van der Waals surface area contributed by atoms with E-state index >= 15 is 0 Å². The van der Waals surface area contributed by atoms with Crippen LogP contribution in [0.1, 0.15) is 27.4 Å². The second kappa shape index (κ2) is 7.55. The van der Waals surface area contributed by atoms with Crippen molar-refractivity contribution in [1.82, 2.24) is 10.6 Å². The smallest absolute Gasteiger partial charge is 0.337 e. The summed E-state index contributed by atoms with van der Waals surface area (Å²) in [5.74, 6) is -0.766. The van der Waals surface area contributed by atoms with Crippen molar-refractivity contribution < 1.29 is 13.9 Å². The Morgan fingerprint density at radius 1 is 1.25 bits per heavy atom. The van der Waals surface area contributed by atoms with Crippen LogP contribution >= 0.6 is 0 Å². The van der Waals surface area contributed by atoms with Crippen molar-refractivity contribution in [2.75, 3.05) is 20.2 Å². The molecular weight excluding hydrogens is 307 g/mol. The van der Waals surface area contributed by atoms with Crippen LogP contribution in [0.25, 0.3) is 0 Å². The molecule has 0 radical (unpaired) electrons. The molecule has 1 aliphatic heterocycles. The van der Waals surface area contributed by atoms with Gasteiger partial charge in [-0.25, -0.2) is 9.18 Å². The highest BCUT2D eigenvalue weighted by atomic mass is 19.1. The maximum atomic E-state index is 14.3. The Morgan fingerprint density at radius 2 is 2.04 bits per heavy atom. The van der Waals surface area contributed by atoms with E-state index in [2.05, 4.69) is 22.8 Å². The summed E-state index contributed by atoms with van der Waals surface area (Å²) >= 11 is 0. The highest BCUT2D eigenvalue weighted by Crippen LogP contribution is 2.27. The fourth-order valence-electron chi connectivity index (χ4n) is 3.14. The Hall–Kier alpha value is -2.24. The molecule has 5 heteroatoms. The SMILES string of the molecule is COC(=O)c1ccc(F)c(C2CNCC2NCc2ccccc2)c1. The number of methoxy groups -OCH3 is 1. The average Bonchev–Trinajstić information content (AvgIpc) is 3.09. The number of hydrogen-bond acceptors (Lipinski definition) is 4. The highest BCUT2D eigenvalue weighted by Gasteiger charge is 2.30. The number of benzene rings is 2. The number of hydrogen-bond donors (Lipinski definition) is 2. The van der Waals surface area contributed by atoms with E-state index in [1.54, 1.807) is 6.07 Å². The van der Waals surface area contributed by atoms with Crippen LogP contribution in [0, 0.1) is 5.82 Å². The lowest BCUT2D eigenvalue weighted by atomic mass is 9.92. The first-order valence-electron chi connectivity index (χ1n) is 8.05. The molecule has 2 atom stereocenters. The molecule has 1 fully saturated rings. The summed E-state index contributed by atoms with van der Waals surface area (Å²) in [5, 5.41) is 6.79. The summed E-state index contributed by atoms with van der Waals surface area (Å²) in [4.78, 5) is 11.7. The van der Waals surface area contributed by atoms with Crippen LogP contribution in [0.15, 0.2) is 48.5 Å². The molecule has 1 saturated heterocycles. The standard InChI is InChI=1S/C19H21FN2O2/c1-24-19(23)14-7-8-17(20)15(9-14)16-11-21-12-18(16)22-10-13-5-3-2-4-6-13/h2-9,16,18,21-22H,10-12H2,1H3. The van der Waals surface area contributed by atoms with Gasteiger partial charge in [0.05, 0.1) is 12.7 Å². The summed E-state index contributed by atoms with van der Waals surface area (Å²) in [7, 11) is 1.33. The molecule has 0 bridgehead atoms. The van der Waals surface area contributed by atoms with Gasteiger partial charge in [-0.2, -0.15) is 0 Å². The van der Waals surface area contributed by atoms with Crippen LogP contribution < -0.4 is 10.6 Å².